The molecule has 0 heterocycles. The van der Waals surface area contributed by atoms with Crippen LogP contribution in [0.5, 0.6) is 0 Å². The summed E-state index contributed by atoms with van der Waals surface area (Å²) in [7, 11) is 0. The lowest BCUT2D eigenvalue weighted by atomic mass is 10.1. The Kier molecular flexibility index (Phi) is 5.32. The number of alkyl halides is 3. The van der Waals surface area contributed by atoms with Gasteiger partial charge in [0.25, 0.3) is 0 Å². The molecule has 0 aromatic carbocycles. The molecular weight excluding hydrogens is 239 g/mol. The van der Waals surface area contributed by atoms with Crippen LogP contribution >= 0.6 is 11.9 Å². The van der Waals surface area contributed by atoms with Gasteiger partial charge in [-0.05, 0) is 46.6 Å². The number of hydrogen-bond donors (Lipinski definition) is 0. The molecule has 0 amide bonds. The van der Waals surface area contributed by atoms with Crippen LogP contribution in [0.4, 0.5) is 13.2 Å². The number of nitrogens with zero attached hydrogens (tertiary/aromatic N) is 1. The summed E-state index contributed by atoms with van der Waals surface area (Å²) in [6.07, 6.45) is -3.01. The molecule has 0 spiro atoms. The van der Waals surface area contributed by atoms with E-state index in [1.807, 2.05) is 20.8 Å². The van der Waals surface area contributed by atoms with Crippen LogP contribution in [0.1, 0.15) is 34.6 Å². The summed E-state index contributed by atoms with van der Waals surface area (Å²) in [5.74, 6) is 0. The first-order valence-corrected chi connectivity index (χ1v) is 5.64. The van der Waals surface area contributed by atoms with Crippen molar-refractivity contribution in [1.29, 1.82) is 0 Å². The molecule has 0 saturated carbocycles. The maximum Gasteiger partial charge on any atom is 0.416 e. The first kappa shape index (κ1) is 15.8. The van der Waals surface area contributed by atoms with Crippen molar-refractivity contribution in [1.82, 2.24) is 0 Å². The molecule has 0 saturated heterocycles. The summed E-state index contributed by atoms with van der Waals surface area (Å²) in [4.78, 5) is 0. The molecule has 0 radical (unpaired) electrons. The van der Waals surface area contributed by atoms with Crippen molar-refractivity contribution >= 4 is 18.2 Å². The quantitative estimate of drug-likeness (QED) is 0.563. The van der Waals surface area contributed by atoms with Gasteiger partial charge in [0.05, 0.1) is 6.61 Å². The van der Waals surface area contributed by atoms with Crippen molar-refractivity contribution in [3.05, 3.63) is 0 Å². The van der Waals surface area contributed by atoms with Crippen LogP contribution in [0.2, 0.25) is 0 Å². The highest BCUT2D eigenvalue weighted by Gasteiger charge is 2.48. The first-order chi connectivity index (χ1) is 6.96. The third-order valence-corrected chi connectivity index (χ3v) is 2.40. The molecule has 0 aliphatic rings. The van der Waals surface area contributed by atoms with Gasteiger partial charge in [0.15, 0.2) is 5.60 Å². The van der Waals surface area contributed by atoms with E-state index in [1.54, 1.807) is 0 Å². The Labute approximate surface area is 98.8 Å². The molecule has 0 aromatic heterocycles. The lowest BCUT2D eigenvalue weighted by Gasteiger charge is -2.27. The SMILES string of the molecule is CC(C)(C)S/N=C/COC(C)(C)C(F)(F)F. The average Bonchev–Trinajstić information content (AvgIpc) is 1.98. The second kappa shape index (κ2) is 5.40. The lowest BCUT2D eigenvalue weighted by molar-refractivity contribution is -0.258. The standard InChI is InChI=1S/C10H18F3NOS/c1-8(2,3)16-14-6-7-15-9(4,5)10(11,12)13/h6H,7H2,1-5H3/b14-6+. The number of ether oxygens (including phenoxy) is 1. The zero-order chi connectivity index (χ0) is 13.0. The van der Waals surface area contributed by atoms with Crippen molar-refractivity contribution in [2.45, 2.75) is 51.1 Å². The first-order valence-electron chi connectivity index (χ1n) is 4.86. The highest BCUT2D eigenvalue weighted by atomic mass is 32.2. The van der Waals surface area contributed by atoms with Crippen molar-refractivity contribution in [3.8, 4) is 0 Å². The molecule has 0 aliphatic heterocycles. The summed E-state index contributed by atoms with van der Waals surface area (Å²) in [5.41, 5.74) is -2.13. The van der Waals surface area contributed by atoms with Crippen molar-refractivity contribution in [2.24, 2.45) is 4.40 Å². The molecule has 0 aromatic rings. The Morgan fingerprint density at radius 1 is 1.12 bits per heavy atom. The molecule has 96 valence electrons. The van der Waals surface area contributed by atoms with Gasteiger partial charge in [0.1, 0.15) is 0 Å². The number of hydrogen-bond acceptors (Lipinski definition) is 3. The highest BCUT2D eigenvalue weighted by Crippen LogP contribution is 2.32. The van der Waals surface area contributed by atoms with Crippen LogP contribution in [0, 0.1) is 0 Å². The van der Waals surface area contributed by atoms with E-state index in [-0.39, 0.29) is 11.4 Å². The Balaban J connectivity index is 4.00. The van der Waals surface area contributed by atoms with Crippen LogP contribution in [-0.4, -0.2) is 29.3 Å². The topological polar surface area (TPSA) is 21.6 Å². The second-order valence-electron chi connectivity index (χ2n) is 4.81. The van der Waals surface area contributed by atoms with Crippen LogP contribution in [0.15, 0.2) is 4.40 Å². The van der Waals surface area contributed by atoms with Gasteiger partial charge < -0.3 is 4.74 Å². The van der Waals surface area contributed by atoms with E-state index < -0.39 is 11.8 Å². The average molecular weight is 257 g/mol. The van der Waals surface area contributed by atoms with Gasteiger partial charge in [0, 0.05) is 11.0 Å². The Hall–Kier alpha value is -0.230. The monoisotopic (exact) mass is 257 g/mol. The fourth-order valence-electron chi connectivity index (χ4n) is 0.553. The normalized spacial score (nSPS) is 14.8. The summed E-state index contributed by atoms with van der Waals surface area (Å²) < 4.78 is 45.7. The number of halogens is 3. The zero-order valence-electron chi connectivity index (χ0n) is 10.2. The van der Waals surface area contributed by atoms with Gasteiger partial charge in [-0.25, -0.2) is 4.40 Å². The van der Waals surface area contributed by atoms with Crippen LogP contribution < -0.4 is 0 Å². The smallest absolute Gasteiger partial charge is 0.360 e. The Morgan fingerprint density at radius 3 is 2.00 bits per heavy atom. The summed E-state index contributed by atoms with van der Waals surface area (Å²) >= 11 is 1.30. The molecule has 16 heavy (non-hydrogen) atoms. The highest BCUT2D eigenvalue weighted by molar-refractivity contribution is 7.99. The van der Waals surface area contributed by atoms with Gasteiger partial charge in [-0.15, -0.1) is 0 Å². The molecule has 0 aliphatic carbocycles. The summed E-state index contributed by atoms with van der Waals surface area (Å²) in [6.45, 7) is 7.76. The maximum absolute atomic E-state index is 12.4. The minimum absolute atomic E-state index is 0.0456. The van der Waals surface area contributed by atoms with Crippen molar-refractivity contribution in [2.75, 3.05) is 6.61 Å². The van der Waals surface area contributed by atoms with Crippen LogP contribution in [0.25, 0.3) is 0 Å². The molecule has 0 N–H and O–H groups in total. The molecule has 0 bridgehead atoms. The molecule has 0 atom stereocenters. The molecule has 0 fully saturated rings. The van der Waals surface area contributed by atoms with E-state index in [1.165, 1.54) is 18.2 Å². The van der Waals surface area contributed by atoms with Gasteiger partial charge in [-0.1, -0.05) is 0 Å². The maximum atomic E-state index is 12.4. The molecule has 6 heteroatoms. The minimum Gasteiger partial charge on any atom is -0.360 e. The van der Waals surface area contributed by atoms with E-state index in [4.69, 9.17) is 4.74 Å². The fourth-order valence-corrected chi connectivity index (χ4v) is 1.00. The van der Waals surface area contributed by atoms with E-state index >= 15 is 0 Å². The zero-order valence-corrected chi connectivity index (χ0v) is 11.0. The molecule has 0 unspecified atom stereocenters. The summed E-state index contributed by atoms with van der Waals surface area (Å²) in [6, 6.07) is 0. The van der Waals surface area contributed by atoms with Crippen molar-refractivity contribution < 1.29 is 17.9 Å². The molecule has 0 rings (SSSR count). The minimum atomic E-state index is -4.36. The van der Waals surface area contributed by atoms with Crippen LogP contribution in [0.3, 0.4) is 0 Å². The van der Waals surface area contributed by atoms with Gasteiger partial charge in [-0.2, -0.15) is 13.2 Å². The summed E-state index contributed by atoms with van der Waals surface area (Å²) in [5, 5.41) is 0. The predicted molar refractivity (Wildman–Crippen MR) is 61.9 cm³/mol. The Morgan fingerprint density at radius 2 is 1.62 bits per heavy atom. The molecular formula is C10H18F3NOS. The van der Waals surface area contributed by atoms with E-state index in [0.717, 1.165) is 13.8 Å². The third-order valence-electron chi connectivity index (χ3n) is 1.60. The largest absolute Gasteiger partial charge is 0.416 e. The third kappa shape index (κ3) is 6.37. The van der Waals surface area contributed by atoms with Gasteiger partial charge in [-0.3, -0.25) is 0 Å². The number of rotatable bonds is 4. The fraction of sp³-hybridized carbons (Fsp3) is 0.900. The van der Waals surface area contributed by atoms with Crippen molar-refractivity contribution in [3.63, 3.8) is 0 Å². The predicted octanol–water partition coefficient (Wildman–Crippen LogP) is 3.86. The van der Waals surface area contributed by atoms with Gasteiger partial charge in [0.2, 0.25) is 0 Å². The van der Waals surface area contributed by atoms with Gasteiger partial charge >= 0.3 is 6.18 Å². The van der Waals surface area contributed by atoms with Crippen LogP contribution in [-0.2, 0) is 4.74 Å². The van der Waals surface area contributed by atoms with E-state index in [9.17, 15) is 13.2 Å². The lowest BCUT2D eigenvalue weighted by Crippen LogP contribution is -2.42. The Bertz CT molecular complexity index is 243. The van der Waals surface area contributed by atoms with E-state index in [2.05, 4.69) is 4.40 Å². The van der Waals surface area contributed by atoms with E-state index in [0.29, 0.717) is 0 Å². The molecule has 2 nitrogen and oxygen atoms in total. The second-order valence-corrected chi connectivity index (χ2v) is 6.43.